The highest BCUT2D eigenvalue weighted by atomic mass is 14.9. The van der Waals surface area contributed by atoms with Gasteiger partial charge in [-0.25, -0.2) is 0 Å². The van der Waals surface area contributed by atoms with Crippen LogP contribution in [0.15, 0.2) is 30.3 Å². The van der Waals surface area contributed by atoms with Gasteiger partial charge in [-0.05, 0) is 43.2 Å². The molecule has 1 fully saturated rings. The van der Waals surface area contributed by atoms with E-state index in [0.29, 0.717) is 6.04 Å². The number of unbranched alkanes of at least 4 members (excludes halogenated alkanes) is 1. The summed E-state index contributed by atoms with van der Waals surface area (Å²) in [6.07, 6.45) is 11.2. The van der Waals surface area contributed by atoms with E-state index < -0.39 is 0 Å². The zero-order chi connectivity index (χ0) is 14.9. The Bertz CT molecular complexity index is 365. The van der Waals surface area contributed by atoms with Crippen molar-refractivity contribution in [1.82, 2.24) is 5.32 Å². The highest BCUT2D eigenvalue weighted by molar-refractivity contribution is 5.20. The van der Waals surface area contributed by atoms with Gasteiger partial charge in [0.15, 0.2) is 0 Å². The molecule has 0 aromatic heterocycles. The first-order chi connectivity index (χ1) is 10.3. The maximum atomic E-state index is 3.81. The summed E-state index contributed by atoms with van der Waals surface area (Å²) in [4.78, 5) is 0. The standard InChI is InChI=1S/C20H33N/c1-3-5-9-17-12-14-19(15-13-17)20(21-16-4-2)18-10-7-6-8-11-18/h6-8,10-11,17,19-21H,3-5,9,12-16H2,1-2H3. The van der Waals surface area contributed by atoms with Gasteiger partial charge in [0.1, 0.15) is 0 Å². The van der Waals surface area contributed by atoms with Crippen LogP contribution in [0.25, 0.3) is 0 Å². The average Bonchev–Trinajstić information content (AvgIpc) is 2.55. The van der Waals surface area contributed by atoms with E-state index in [1.165, 1.54) is 56.9 Å². The Morgan fingerprint density at radius 3 is 2.33 bits per heavy atom. The summed E-state index contributed by atoms with van der Waals surface area (Å²) in [6, 6.07) is 11.7. The molecule has 0 spiro atoms. The summed E-state index contributed by atoms with van der Waals surface area (Å²) in [5.41, 5.74) is 1.49. The van der Waals surface area contributed by atoms with Crippen molar-refractivity contribution in [2.24, 2.45) is 11.8 Å². The van der Waals surface area contributed by atoms with Crippen molar-refractivity contribution in [2.45, 2.75) is 71.3 Å². The maximum absolute atomic E-state index is 3.81. The van der Waals surface area contributed by atoms with Crippen LogP contribution in [-0.4, -0.2) is 6.54 Å². The fourth-order valence-corrected chi connectivity index (χ4v) is 3.82. The molecule has 0 heterocycles. The second kappa shape index (κ2) is 9.25. The summed E-state index contributed by atoms with van der Waals surface area (Å²) >= 11 is 0. The van der Waals surface area contributed by atoms with Gasteiger partial charge in [-0.3, -0.25) is 0 Å². The molecule has 1 N–H and O–H groups in total. The van der Waals surface area contributed by atoms with Gasteiger partial charge in [0, 0.05) is 6.04 Å². The number of hydrogen-bond donors (Lipinski definition) is 1. The molecule has 1 heteroatoms. The molecular formula is C20H33N. The van der Waals surface area contributed by atoms with Gasteiger partial charge < -0.3 is 5.32 Å². The monoisotopic (exact) mass is 287 g/mol. The highest BCUT2D eigenvalue weighted by Crippen LogP contribution is 2.38. The van der Waals surface area contributed by atoms with Crippen molar-refractivity contribution in [3.8, 4) is 0 Å². The summed E-state index contributed by atoms with van der Waals surface area (Å²) < 4.78 is 0. The SMILES string of the molecule is CCCCC1CCC(C(NCCC)c2ccccc2)CC1. The van der Waals surface area contributed by atoms with Gasteiger partial charge in [0.25, 0.3) is 0 Å². The van der Waals surface area contributed by atoms with Crippen LogP contribution in [0.3, 0.4) is 0 Å². The zero-order valence-corrected chi connectivity index (χ0v) is 14.0. The van der Waals surface area contributed by atoms with Crippen molar-refractivity contribution < 1.29 is 0 Å². The van der Waals surface area contributed by atoms with Crippen LogP contribution in [0.2, 0.25) is 0 Å². The van der Waals surface area contributed by atoms with Gasteiger partial charge in [-0.2, -0.15) is 0 Å². The molecule has 0 saturated heterocycles. The third-order valence-corrected chi connectivity index (χ3v) is 5.10. The lowest BCUT2D eigenvalue weighted by atomic mass is 9.75. The van der Waals surface area contributed by atoms with E-state index in [-0.39, 0.29) is 0 Å². The summed E-state index contributed by atoms with van der Waals surface area (Å²) in [7, 11) is 0. The molecule has 1 aromatic carbocycles. The Morgan fingerprint density at radius 1 is 1.00 bits per heavy atom. The molecular weight excluding hydrogens is 254 g/mol. The van der Waals surface area contributed by atoms with Crippen molar-refractivity contribution in [3.05, 3.63) is 35.9 Å². The van der Waals surface area contributed by atoms with Crippen molar-refractivity contribution in [3.63, 3.8) is 0 Å². The number of hydrogen-bond acceptors (Lipinski definition) is 1. The first kappa shape index (κ1) is 16.5. The second-order valence-electron chi connectivity index (χ2n) is 6.77. The number of rotatable bonds is 8. The highest BCUT2D eigenvalue weighted by Gasteiger charge is 2.27. The number of benzene rings is 1. The number of nitrogens with one attached hydrogen (secondary N) is 1. The van der Waals surface area contributed by atoms with Gasteiger partial charge in [0.05, 0.1) is 0 Å². The third kappa shape index (κ3) is 5.14. The Morgan fingerprint density at radius 2 is 1.71 bits per heavy atom. The van der Waals surface area contributed by atoms with E-state index >= 15 is 0 Å². The van der Waals surface area contributed by atoms with Crippen LogP contribution < -0.4 is 5.32 Å². The lowest BCUT2D eigenvalue weighted by molar-refractivity contribution is 0.213. The molecule has 1 aliphatic rings. The quantitative estimate of drug-likeness (QED) is 0.644. The lowest BCUT2D eigenvalue weighted by Crippen LogP contribution is -2.31. The Kier molecular flexibility index (Phi) is 7.29. The first-order valence-electron chi connectivity index (χ1n) is 9.13. The third-order valence-electron chi connectivity index (χ3n) is 5.10. The minimum Gasteiger partial charge on any atom is -0.310 e. The molecule has 1 saturated carbocycles. The van der Waals surface area contributed by atoms with E-state index in [1.807, 2.05) is 0 Å². The van der Waals surface area contributed by atoms with Crippen LogP contribution in [-0.2, 0) is 0 Å². The molecule has 21 heavy (non-hydrogen) atoms. The molecule has 2 rings (SSSR count). The van der Waals surface area contributed by atoms with Crippen LogP contribution in [0, 0.1) is 11.8 Å². The van der Waals surface area contributed by atoms with E-state index in [4.69, 9.17) is 0 Å². The first-order valence-corrected chi connectivity index (χ1v) is 9.13. The van der Waals surface area contributed by atoms with E-state index in [0.717, 1.165) is 18.4 Å². The van der Waals surface area contributed by atoms with Crippen molar-refractivity contribution in [1.29, 1.82) is 0 Å². The molecule has 0 bridgehead atoms. The lowest BCUT2D eigenvalue weighted by Gasteiger charge is -2.35. The molecule has 1 nitrogen and oxygen atoms in total. The molecule has 1 aromatic rings. The van der Waals surface area contributed by atoms with Crippen LogP contribution >= 0.6 is 0 Å². The summed E-state index contributed by atoms with van der Waals surface area (Å²) in [6.45, 7) is 5.71. The zero-order valence-electron chi connectivity index (χ0n) is 14.0. The summed E-state index contributed by atoms with van der Waals surface area (Å²) in [5, 5.41) is 3.81. The topological polar surface area (TPSA) is 12.0 Å². The molecule has 1 atom stereocenters. The Hall–Kier alpha value is -0.820. The largest absolute Gasteiger partial charge is 0.310 e. The normalized spacial score (nSPS) is 23.9. The second-order valence-corrected chi connectivity index (χ2v) is 6.77. The molecule has 1 aliphatic carbocycles. The summed E-state index contributed by atoms with van der Waals surface area (Å²) in [5.74, 6) is 1.83. The Balaban J connectivity index is 1.92. The minimum atomic E-state index is 0.568. The molecule has 1 unspecified atom stereocenters. The molecule has 0 amide bonds. The molecule has 0 radical (unpaired) electrons. The molecule has 0 aliphatic heterocycles. The Labute approximate surface area is 131 Å². The van der Waals surface area contributed by atoms with Gasteiger partial charge in [0.2, 0.25) is 0 Å². The minimum absolute atomic E-state index is 0.568. The van der Waals surface area contributed by atoms with Gasteiger partial charge in [-0.1, -0.05) is 76.3 Å². The predicted molar refractivity (Wildman–Crippen MR) is 92.4 cm³/mol. The van der Waals surface area contributed by atoms with Crippen molar-refractivity contribution in [2.75, 3.05) is 6.54 Å². The van der Waals surface area contributed by atoms with E-state index in [2.05, 4.69) is 49.5 Å². The smallest absolute Gasteiger partial charge is 0.0348 e. The fraction of sp³-hybridized carbons (Fsp3) is 0.700. The van der Waals surface area contributed by atoms with Crippen LogP contribution in [0.5, 0.6) is 0 Å². The van der Waals surface area contributed by atoms with Crippen LogP contribution in [0.4, 0.5) is 0 Å². The van der Waals surface area contributed by atoms with E-state index in [1.54, 1.807) is 0 Å². The van der Waals surface area contributed by atoms with Gasteiger partial charge >= 0.3 is 0 Å². The fourth-order valence-electron chi connectivity index (χ4n) is 3.82. The van der Waals surface area contributed by atoms with Crippen molar-refractivity contribution >= 4 is 0 Å². The molecule has 118 valence electrons. The van der Waals surface area contributed by atoms with Crippen LogP contribution in [0.1, 0.15) is 76.8 Å². The van der Waals surface area contributed by atoms with Gasteiger partial charge in [-0.15, -0.1) is 0 Å². The van der Waals surface area contributed by atoms with E-state index in [9.17, 15) is 0 Å². The predicted octanol–water partition coefficient (Wildman–Crippen LogP) is 5.72. The maximum Gasteiger partial charge on any atom is 0.0348 e. The average molecular weight is 287 g/mol.